The number of aliphatic hydroxyl groups excluding tert-OH is 1. The number of nitrogen functional groups attached to an aromatic ring is 1. The molecule has 0 unspecified atom stereocenters. The average Bonchev–Trinajstić information content (AvgIpc) is 2.81. The fourth-order valence-electron chi connectivity index (χ4n) is 2.22. The number of aryl methyl sites for hydroxylation is 1. The normalized spacial score (nSPS) is 11.4. The fourth-order valence-corrected chi connectivity index (χ4v) is 3.18. The first-order valence-corrected chi connectivity index (χ1v) is 7.81. The third-order valence-corrected chi connectivity index (χ3v) is 4.42. The van der Waals surface area contributed by atoms with Crippen LogP contribution >= 0.6 is 11.3 Å². The van der Waals surface area contributed by atoms with Crippen molar-refractivity contribution in [3.05, 3.63) is 10.9 Å². The second-order valence-corrected chi connectivity index (χ2v) is 6.17. The summed E-state index contributed by atoms with van der Waals surface area (Å²) >= 11 is 1.67. The van der Waals surface area contributed by atoms with Gasteiger partial charge in [0.1, 0.15) is 10.6 Å². The Hall–Kier alpha value is -1.40. The van der Waals surface area contributed by atoms with Crippen LogP contribution in [0.15, 0.2) is 6.07 Å². The highest BCUT2D eigenvalue weighted by Gasteiger charge is 2.18. The summed E-state index contributed by atoms with van der Waals surface area (Å²) < 4.78 is 0. The van der Waals surface area contributed by atoms with Gasteiger partial charge in [-0.05, 0) is 32.8 Å². The number of nitrogens with two attached hydrogens (primary N) is 1. The molecule has 0 radical (unpaired) electrons. The molecule has 2 heterocycles. The van der Waals surface area contributed by atoms with E-state index in [0.29, 0.717) is 18.4 Å². The van der Waals surface area contributed by atoms with Crippen LogP contribution in [-0.2, 0) is 6.42 Å². The molecule has 0 amide bonds. The Morgan fingerprint density at radius 3 is 2.75 bits per heavy atom. The van der Waals surface area contributed by atoms with E-state index in [1.54, 1.807) is 11.3 Å². The molecule has 20 heavy (non-hydrogen) atoms. The summed E-state index contributed by atoms with van der Waals surface area (Å²) in [7, 11) is 0. The lowest BCUT2D eigenvalue weighted by Crippen LogP contribution is -2.33. The van der Waals surface area contributed by atoms with Crippen molar-refractivity contribution in [3.8, 4) is 0 Å². The van der Waals surface area contributed by atoms with Crippen LogP contribution in [0.25, 0.3) is 10.2 Å². The molecule has 2 aromatic heterocycles. The molecule has 0 saturated heterocycles. The lowest BCUT2D eigenvalue weighted by molar-refractivity contribution is 0.288. The van der Waals surface area contributed by atoms with Gasteiger partial charge in [-0.3, -0.25) is 0 Å². The molecule has 0 spiro atoms. The van der Waals surface area contributed by atoms with Crippen molar-refractivity contribution in [2.24, 2.45) is 0 Å². The predicted molar refractivity (Wildman–Crippen MR) is 85.4 cm³/mol. The molecule has 0 aliphatic rings. The van der Waals surface area contributed by atoms with E-state index in [1.165, 1.54) is 4.88 Å². The van der Waals surface area contributed by atoms with E-state index in [4.69, 9.17) is 10.8 Å². The van der Waals surface area contributed by atoms with Crippen LogP contribution in [0.4, 0.5) is 11.8 Å². The van der Waals surface area contributed by atoms with Crippen LogP contribution in [-0.4, -0.2) is 34.3 Å². The van der Waals surface area contributed by atoms with Gasteiger partial charge in [0.15, 0.2) is 0 Å². The quantitative estimate of drug-likeness (QED) is 0.856. The number of thiophene rings is 1. The molecule has 0 fully saturated rings. The van der Waals surface area contributed by atoms with Crippen molar-refractivity contribution < 1.29 is 5.11 Å². The van der Waals surface area contributed by atoms with Gasteiger partial charge in [0, 0.05) is 24.1 Å². The maximum Gasteiger partial charge on any atom is 0.223 e. The van der Waals surface area contributed by atoms with E-state index in [9.17, 15) is 0 Å². The second-order valence-electron chi connectivity index (χ2n) is 5.05. The summed E-state index contributed by atoms with van der Waals surface area (Å²) in [5.74, 6) is 1.19. The smallest absolute Gasteiger partial charge is 0.223 e. The van der Waals surface area contributed by atoms with Gasteiger partial charge in [-0.25, -0.2) is 4.98 Å². The number of rotatable bonds is 6. The Kier molecular flexibility index (Phi) is 4.77. The summed E-state index contributed by atoms with van der Waals surface area (Å²) in [5, 5.41) is 10.1. The summed E-state index contributed by atoms with van der Waals surface area (Å²) in [4.78, 5) is 13.2. The lowest BCUT2D eigenvalue weighted by atomic mass is 10.2. The molecule has 2 aromatic rings. The number of hydrogen-bond acceptors (Lipinski definition) is 6. The lowest BCUT2D eigenvalue weighted by Gasteiger charge is -2.28. The highest BCUT2D eigenvalue weighted by Crippen LogP contribution is 2.32. The first kappa shape index (κ1) is 15.0. The molecule has 110 valence electrons. The van der Waals surface area contributed by atoms with Crippen molar-refractivity contribution in [3.63, 3.8) is 0 Å². The molecule has 0 atom stereocenters. The van der Waals surface area contributed by atoms with Gasteiger partial charge in [-0.2, -0.15) is 4.98 Å². The minimum absolute atomic E-state index is 0.177. The first-order chi connectivity index (χ1) is 9.56. The highest BCUT2D eigenvalue weighted by atomic mass is 32.1. The van der Waals surface area contributed by atoms with Crippen molar-refractivity contribution in [1.29, 1.82) is 0 Å². The van der Waals surface area contributed by atoms with Crippen LogP contribution < -0.4 is 10.6 Å². The number of hydrogen-bond donors (Lipinski definition) is 2. The Morgan fingerprint density at radius 2 is 2.15 bits per heavy atom. The minimum Gasteiger partial charge on any atom is -0.396 e. The molecule has 0 aromatic carbocycles. The SMILES string of the molecule is CCc1cc2c(N(CCCO)C(C)C)nc(N)nc2s1. The largest absolute Gasteiger partial charge is 0.396 e. The summed E-state index contributed by atoms with van der Waals surface area (Å²) in [5.41, 5.74) is 5.85. The zero-order chi connectivity index (χ0) is 14.7. The standard InChI is InChI=1S/C14H22N4OS/c1-4-10-8-11-12(16-14(15)17-13(11)20-10)18(9(2)3)6-5-7-19/h8-9,19H,4-7H2,1-3H3,(H2,15,16,17). The minimum atomic E-state index is 0.177. The third kappa shape index (κ3) is 3.02. The van der Waals surface area contributed by atoms with E-state index in [-0.39, 0.29) is 6.61 Å². The average molecular weight is 294 g/mol. The fraction of sp³-hybridized carbons (Fsp3) is 0.571. The van der Waals surface area contributed by atoms with Crippen LogP contribution in [0, 0.1) is 0 Å². The number of fused-ring (bicyclic) bond motifs is 1. The Balaban J connectivity index is 2.51. The maximum absolute atomic E-state index is 9.07. The Morgan fingerprint density at radius 1 is 1.40 bits per heavy atom. The van der Waals surface area contributed by atoms with Gasteiger partial charge in [0.2, 0.25) is 5.95 Å². The summed E-state index contributed by atoms with van der Waals surface area (Å²) in [6, 6.07) is 2.45. The van der Waals surface area contributed by atoms with Crippen LogP contribution in [0.1, 0.15) is 32.1 Å². The molecule has 0 bridgehead atoms. The molecule has 0 aliphatic heterocycles. The monoisotopic (exact) mass is 294 g/mol. The predicted octanol–water partition coefficient (Wildman–Crippen LogP) is 2.43. The van der Waals surface area contributed by atoms with Crippen molar-refractivity contribution >= 4 is 33.3 Å². The molecule has 5 nitrogen and oxygen atoms in total. The summed E-state index contributed by atoms with van der Waals surface area (Å²) in [6.45, 7) is 7.31. The Bertz CT molecular complexity index is 582. The van der Waals surface area contributed by atoms with E-state index in [0.717, 1.165) is 29.0 Å². The zero-order valence-electron chi connectivity index (χ0n) is 12.3. The second kappa shape index (κ2) is 6.37. The molecule has 0 saturated carbocycles. The highest BCUT2D eigenvalue weighted by molar-refractivity contribution is 7.18. The van der Waals surface area contributed by atoms with E-state index in [1.807, 2.05) is 0 Å². The maximum atomic E-state index is 9.07. The van der Waals surface area contributed by atoms with E-state index in [2.05, 4.69) is 41.7 Å². The van der Waals surface area contributed by atoms with Crippen molar-refractivity contribution in [1.82, 2.24) is 9.97 Å². The number of nitrogens with zero attached hydrogens (tertiary/aromatic N) is 3. The molecule has 0 aliphatic carbocycles. The van der Waals surface area contributed by atoms with E-state index < -0.39 is 0 Å². The third-order valence-electron chi connectivity index (χ3n) is 3.24. The molecular weight excluding hydrogens is 272 g/mol. The topological polar surface area (TPSA) is 75.3 Å². The van der Waals surface area contributed by atoms with Crippen molar-refractivity contribution in [2.45, 2.75) is 39.7 Å². The van der Waals surface area contributed by atoms with Crippen molar-refractivity contribution in [2.75, 3.05) is 23.8 Å². The Labute approximate surface area is 123 Å². The molecule has 2 rings (SSSR count). The van der Waals surface area contributed by atoms with Gasteiger partial charge < -0.3 is 15.7 Å². The van der Waals surface area contributed by atoms with Crippen LogP contribution in [0.3, 0.4) is 0 Å². The molecular formula is C14H22N4OS. The van der Waals surface area contributed by atoms with Gasteiger partial charge in [0.05, 0.1) is 5.39 Å². The number of aromatic nitrogens is 2. The van der Waals surface area contributed by atoms with E-state index >= 15 is 0 Å². The first-order valence-electron chi connectivity index (χ1n) is 7.00. The zero-order valence-corrected chi connectivity index (χ0v) is 13.1. The van der Waals surface area contributed by atoms with Gasteiger partial charge in [-0.15, -0.1) is 11.3 Å². The van der Waals surface area contributed by atoms with Gasteiger partial charge >= 0.3 is 0 Å². The van der Waals surface area contributed by atoms with Gasteiger partial charge in [-0.1, -0.05) is 6.92 Å². The van der Waals surface area contributed by atoms with Crippen LogP contribution in [0.2, 0.25) is 0 Å². The molecule has 3 N–H and O–H groups in total. The number of aliphatic hydroxyl groups is 1. The molecule has 6 heteroatoms. The summed E-state index contributed by atoms with van der Waals surface area (Å²) in [6.07, 6.45) is 1.70. The number of anilines is 2. The van der Waals surface area contributed by atoms with Crippen LogP contribution in [0.5, 0.6) is 0 Å². The van der Waals surface area contributed by atoms with Gasteiger partial charge in [0.25, 0.3) is 0 Å².